The van der Waals surface area contributed by atoms with E-state index in [9.17, 15) is 0 Å². The van der Waals surface area contributed by atoms with Gasteiger partial charge >= 0.3 is 21.1 Å². The van der Waals surface area contributed by atoms with Crippen LogP contribution < -0.4 is 4.74 Å². The van der Waals surface area contributed by atoms with Gasteiger partial charge < -0.3 is 9.30 Å². The van der Waals surface area contributed by atoms with Crippen LogP contribution in [0.1, 0.15) is 115 Å². The molecule has 0 bridgehead atoms. The third-order valence-electron chi connectivity index (χ3n) is 11.2. The number of hydrogen-bond acceptors (Lipinski definition) is 3. The molecule has 0 saturated carbocycles. The monoisotopic (exact) mass is 885 g/mol. The predicted molar refractivity (Wildman–Crippen MR) is 215 cm³/mol. The third kappa shape index (κ3) is 7.31. The summed E-state index contributed by atoms with van der Waals surface area (Å²) in [6.07, 6.45) is 6.78. The maximum atomic E-state index is 6.73. The van der Waals surface area contributed by atoms with Crippen molar-refractivity contribution in [3.05, 3.63) is 119 Å². The molecule has 7 rings (SSSR count). The van der Waals surface area contributed by atoms with E-state index >= 15 is 0 Å². The largest absolute Gasteiger partial charge is 2.00 e. The van der Waals surface area contributed by atoms with Gasteiger partial charge in [0.05, 0.1) is 5.69 Å². The van der Waals surface area contributed by atoms with Gasteiger partial charge in [-0.05, 0) is 90.6 Å². The zero-order valence-corrected chi connectivity index (χ0v) is 35.5. The van der Waals surface area contributed by atoms with Crippen LogP contribution in [-0.2, 0) is 26.5 Å². The molecule has 6 aromatic rings. The van der Waals surface area contributed by atoms with Gasteiger partial charge in [-0.1, -0.05) is 97.7 Å². The van der Waals surface area contributed by atoms with Crippen molar-refractivity contribution in [3.63, 3.8) is 0 Å². The number of nitrogens with zero attached hydrogens (tertiary/aromatic N) is 4. The number of allylic oxidation sites excluding steroid dienone is 2. The fourth-order valence-corrected chi connectivity index (χ4v) is 8.35. The number of benzene rings is 3. The molecule has 0 aliphatic heterocycles. The Morgan fingerprint density at radius 1 is 0.849 bits per heavy atom. The van der Waals surface area contributed by atoms with E-state index in [0.717, 1.165) is 51.0 Å². The molecule has 3 aromatic carbocycles. The van der Waals surface area contributed by atoms with Crippen LogP contribution in [0.4, 0.5) is 0 Å². The SMILES string of the molecule is Cc1nn(-c2[c-]c(Oc3[c-]c4c(cc3)c3ccccc3n4-c3cc(C(C)C)ccn3)cc(C(C)(C)C)c2)c(C)c1C1C(C(C)C)=CCC[C@@H]1C(C)C.[Pt+2]. The van der Waals surface area contributed by atoms with Crippen molar-refractivity contribution in [2.45, 2.75) is 106 Å². The molecule has 278 valence electrons. The van der Waals surface area contributed by atoms with Crippen molar-refractivity contribution in [2.24, 2.45) is 17.8 Å². The van der Waals surface area contributed by atoms with Gasteiger partial charge in [0.25, 0.3) is 0 Å². The zero-order chi connectivity index (χ0) is 37.1. The Morgan fingerprint density at radius 2 is 1.60 bits per heavy atom. The number of aryl methyl sites for hydroxylation is 1. The Morgan fingerprint density at radius 3 is 2.30 bits per heavy atom. The number of rotatable bonds is 8. The van der Waals surface area contributed by atoms with Gasteiger partial charge in [-0.2, -0.15) is 11.2 Å². The number of pyridine rings is 1. The van der Waals surface area contributed by atoms with Gasteiger partial charge in [-0.15, -0.1) is 41.3 Å². The smallest absolute Gasteiger partial charge is 0.509 e. The number of hydrogen-bond donors (Lipinski definition) is 0. The summed E-state index contributed by atoms with van der Waals surface area (Å²) >= 11 is 0. The molecule has 53 heavy (non-hydrogen) atoms. The molecular formula is C47H54N4OPt. The molecular weight excluding hydrogens is 832 g/mol. The topological polar surface area (TPSA) is 44.9 Å². The molecule has 0 saturated heterocycles. The number of fused-ring (bicyclic) bond motifs is 3. The van der Waals surface area contributed by atoms with Crippen molar-refractivity contribution in [1.82, 2.24) is 19.3 Å². The van der Waals surface area contributed by atoms with Crippen LogP contribution in [0.5, 0.6) is 11.5 Å². The second kappa shape index (κ2) is 15.1. The Kier molecular flexibility index (Phi) is 11.0. The minimum absolute atomic E-state index is 0. The van der Waals surface area contributed by atoms with Crippen LogP contribution in [-0.4, -0.2) is 19.3 Å². The van der Waals surface area contributed by atoms with Gasteiger partial charge in [0.2, 0.25) is 0 Å². The molecule has 6 heteroatoms. The van der Waals surface area contributed by atoms with Gasteiger partial charge in [0.15, 0.2) is 0 Å². The summed E-state index contributed by atoms with van der Waals surface area (Å²) in [7, 11) is 0. The number of para-hydroxylation sites is 1. The molecule has 0 N–H and O–H groups in total. The standard InChI is InChI=1S/C47H54N4O.Pt/c1-28(2)33-21-22-48-44(23-33)50-42-18-13-12-15-40(42)41-20-19-36(27-43(41)50)52-37-25-34(47(9,10)11)24-35(26-37)51-32(8)45(31(7)49-51)46-38(29(3)4)16-14-17-39(46)30(5)6;/h12-13,15-16,18-25,28-30,39,46H,14,17H2,1-11H3;/q-2;+2/t39-,46?;/m1./s1. The Balaban J connectivity index is 0.00000481. The second-order valence-electron chi connectivity index (χ2n) is 16.8. The summed E-state index contributed by atoms with van der Waals surface area (Å²) < 4.78 is 11.0. The molecule has 1 unspecified atom stereocenters. The van der Waals surface area contributed by atoms with Crippen molar-refractivity contribution >= 4 is 21.8 Å². The van der Waals surface area contributed by atoms with Crippen LogP contribution in [0.15, 0.2) is 78.5 Å². The Labute approximate surface area is 331 Å². The predicted octanol–water partition coefficient (Wildman–Crippen LogP) is 12.5. The van der Waals surface area contributed by atoms with Crippen molar-refractivity contribution in [3.8, 4) is 23.0 Å². The summed E-state index contributed by atoms with van der Waals surface area (Å²) in [6.45, 7) is 25.0. The first-order valence-electron chi connectivity index (χ1n) is 19.2. The molecule has 5 nitrogen and oxygen atoms in total. The fourth-order valence-electron chi connectivity index (χ4n) is 8.35. The Hall–Kier alpha value is -3.95. The zero-order valence-electron chi connectivity index (χ0n) is 33.2. The van der Waals surface area contributed by atoms with Crippen LogP contribution in [0.25, 0.3) is 33.3 Å². The van der Waals surface area contributed by atoms with Gasteiger partial charge in [0, 0.05) is 40.4 Å². The third-order valence-corrected chi connectivity index (χ3v) is 11.2. The maximum Gasteiger partial charge on any atom is 2.00 e. The summed E-state index contributed by atoms with van der Waals surface area (Å²) in [4.78, 5) is 4.82. The van der Waals surface area contributed by atoms with E-state index in [-0.39, 0.29) is 26.5 Å². The molecule has 2 atom stereocenters. The normalized spacial score (nSPS) is 16.5. The maximum absolute atomic E-state index is 6.73. The van der Waals surface area contributed by atoms with Gasteiger partial charge in [0.1, 0.15) is 5.82 Å². The average molecular weight is 886 g/mol. The second-order valence-corrected chi connectivity index (χ2v) is 16.8. The summed E-state index contributed by atoms with van der Waals surface area (Å²) in [5.41, 5.74) is 10.4. The van der Waals surface area contributed by atoms with Crippen LogP contribution in [0.3, 0.4) is 0 Å². The summed E-state index contributed by atoms with van der Waals surface area (Å²) in [5.74, 6) is 4.59. The van der Waals surface area contributed by atoms with Crippen LogP contribution in [0, 0.1) is 43.7 Å². The van der Waals surface area contributed by atoms with E-state index in [0.29, 0.717) is 41.1 Å². The van der Waals surface area contributed by atoms with Crippen molar-refractivity contribution in [1.29, 1.82) is 0 Å². The first-order valence-corrected chi connectivity index (χ1v) is 19.2. The van der Waals surface area contributed by atoms with Crippen molar-refractivity contribution in [2.75, 3.05) is 0 Å². The molecule has 0 spiro atoms. The first-order chi connectivity index (χ1) is 24.7. The van der Waals surface area contributed by atoms with E-state index in [4.69, 9.17) is 14.8 Å². The van der Waals surface area contributed by atoms with E-state index in [1.807, 2.05) is 12.3 Å². The molecule has 1 aliphatic carbocycles. The van der Waals surface area contributed by atoms with Crippen LogP contribution in [0.2, 0.25) is 0 Å². The molecule has 0 amide bonds. The Bertz CT molecular complexity index is 2300. The number of ether oxygens (including phenoxy) is 1. The fraction of sp³-hybridized carbons (Fsp3) is 0.404. The minimum atomic E-state index is -0.117. The number of aromatic nitrogens is 4. The van der Waals surface area contributed by atoms with E-state index in [1.54, 1.807) is 5.57 Å². The van der Waals surface area contributed by atoms with Crippen molar-refractivity contribution < 1.29 is 25.8 Å². The molecule has 3 heterocycles. The van der Waals surface area contributed by atoms with Gasteiger partial charge in [-0.25, -0.2) is 4.98 Å². The van der Waals surface area contributed by atoms with E-state index in [1.165, 1.54) is 23.2 Å². The summed E-state index contributed by atoms with van der Waals surface area (Å²) in [6, 6.07) is 28.6. The molecule has 0 fully saturated rings. The first kappa shape index (κ1) is 38.8. The molecule has 1 aliphatic rings. The van der Waals surface area contributed by atoms with Crippen LogP contribution >= 0.6 is 0 Å². The quantitative estimate of drug-likeness (QED) is 0.113. The molecule has 3 aromatic heterocycles. The average Bonchev–Trinajstić information content (AvgIpc) is 3.59. The summed E-state index contributed by atoms with van der Waals surface area (Å²) in [5, 5.41) is 7.50. The minimum Gasteiger partial charge on any atom is -0.509 e. The van der Waals surface area contributed by atoms with Gasteiger partial charge in [-0.3, -0.25) is 4.68 Å². The van der Waals surface area contributed by atoms with E-state index < -0.39 is 0 Å². The molecule has 0 radical (unpaired) electrons. The van der Waals surface area contributed by atoms with E-state index in [2.05, 4.69) is 158 Å².